The number of carbonyl (C=O) groups excluding carboxylic acids is 2. The highest BCUT2D eigenvalue weighted by Gasteiger charge is 2.36. The normalized spacial score (nSPS) is 23.7. The summed E-state index contributed by atoms with van der Waals surface area (Å²) in [6.45, 7) is 2.36. The van der Waals surface area contributed by atoms with Crippen molar-refractivity contribution in [1.29, 1.82) is 0 Å². The lowest BCUT2D eigenvalue weighted by Gasteiger charge is -2.44. The molecule has 2 fully saturated rings. The van der Waals surface area contributed by atoms with Gasteiger partial charge in [0.25, 0.3) is 0 Å². The minimum atomic E-state index is -0.296. The van der Waals surface area contributed by atoms with E-state index < -0.39 is 0 Å². The van der Waals surface area contributed by atoms with Crippen LogP contribution in [-0.4, -0.2) is 36.4 Å². The lowest BCUT2D eigenvalue weighted by molar-refractivity contribution is -0.138. The summed E-state index contributed by atoms with van der Waals surface area (Å²) >= 11 is 0. The zero-order valence-electron chi connectivity index (χ0n) is 15.9. The van der Waals surface area contributed by atoms with Crippen LogP contribution in [0.4, 0.5) is 0 Å². The van der Waals surface area contributed by atoms with Crippen LogP contribution in [0, 0.1) is 5.92 Å². The Hall–Kier alpha value is -2.04. The highest BCUT2D eigenvalue weighted by atomic mass is 16.5. The number of nitrogens with zero attached hydrogens (tertiary/aromatic N) is 1. The van der Waals surface area contributed by atoms with Gasteiger partial charge in [-0.25, -0.2) is 0 Å². The van der Waals surface area contributed by atoms with Crippen molar-refractivity contribution >= 4 is 11.8 Å². The number of rotatable bonds is 5. The largest absolute Gasteiger partial charge is 0.497 e. The van der Waals surface area contributed by atoms with Crippen molar-refractivity contribution in [3.05, 3.63) is 29.8 Å². The van der Waals surface area contributed by atoms with Crippen LogP contribution in [-0.2, 0) is 9.59 Å². The minimum absolute atomic E-state index is 0.118. The Morgan fingerprint density at radius 3 is 2.54 bits per heavy atom. The van der Waals surface area contributed by atoms with Crippen LogP contribution in [0.2, 0.25) is 0 Å². The smallest absolute Gasteiger partial charge is 0.225 e. The molecule has 1 aliphatic carbocycles. The van der Waals surface area contributed by atoms with Crippen molar-refractivity contribution in [1.82, 2.24) is 10.2 Å². The van der Waals surface area contributed by atoms with E-state index in [9.17, 15) is 9.59 Å². The van der Waals surface area contributed by atoms with Crippen LogP contribution in [0.25, 0.3) is 0 Å². The SMILES string of the molecule is COc1ccc(C(CC(=O)N2CCCC3CCCCC32)NC(C)=O)cc1. The Labute approximate surface area is 156 Å². The number of carbonyl (C=O) groups is 2. The number of nitrogens with one attached hydrogen (secondary N) is 1. The Kier molecular flexibility index (Phi) is 6.17. The molecule has 3 unspecified atom stereocenters. The molecule has 3 atom stereocenters. The topological polar surface area (TPSA) is 58.6 Å². The Bertz CT molecular complexity index is 627. The van der Waals surface area contributed by atoms with Gasteiger partial charge in [0.15, 0.2) is 0 Å². The predicted octanol–water partition coefficient (Wildman–Crippen LogP) is 3.44. The third-order valence-corrected chi connectivity index (χ3v) is 5.84. The summed E-state index contributed by atoms with van der Waals surface area (Å²) < 4.78 is 5.20. The fraction of sp³-hybridized carbons (Fsp3) is 0.619. The van der Waals surface area contributed by atoms with Gasteiger partial charge in [-0.1, -0.05) is 25.0 Å². The molecule has 5 heteroatoms. The third kappa shape index (κ3) is 4.37. The molecule has 1 saturated carbocycles. The Morgan fingerprint density at radius 1 is 1.15 bits per heavy atom. The molecule has 1 aromatic rings. The second-order valence-corrected chi connectivity index (χ2v) is 7.57. The summed E-state index contributed by atoms with van der Waals surface area (Å²) in [4.78, 5) is 26.9. The van der Waals surface area contributed by atoms with Gasteiger partial charge in [-0.05, 0) is 49.3 Å². The number of methoxy groups -OCH3 is 1. The average Bonchev–Trinajstić information content (AvgIpc) is 2.66. The molecule has 1 N–H and O–H groups in total. The maximum absolute atomic E-state index is 13.1. The molecule has 26 heavy (non-hydrogen) atoms. The highest BCUT2D eigenvalue weighted by molar-refractivity contribution is 5.79. The van der Waals surface area contributed by atoms with E-state index in [2.05, 4.69) is 10.2 Å². The molecule has 0 aromatic heterocycles. The van der Waals surface area contributed by atoms with Crippen molar-refractivity contribution in [2.24, 2.45) is 5.92 Å². The second kappa shape index (κ2) is 8.56. The number of benzene rings is 1. The summed E-state index contributed by atoms with van der Waals surface area (Å²) in [7, 11) is 1.63. The fourth-order valence-electron chi connectivity index (χ4n) is 4.56. The molecule has 2 amide bonds. The number of ether oxygens (including phenoxy) is 1. The van der Waals surface area contributed by atoms with Crippen molar-refractivity contribution in [2.45, 2.75) is 64.0 Å². The average molecular weight is 358 g/mol. The zero-order valence-corrected chi connectivity index (χ0v) is 15.9. The molecular weight excluding hydrogens is 328 g/mol. The van der Waals surface area contributed by atoms with Gasteiger partial charge < -0.3 is 15.0 Å². The van der Waals surface area contributed by atoms with E-state index in [-0.39, 0.29) is 17.9 Å². The van der Waals surface area contributed by atoms with Gasteiger partial charge in [-0.2, -0.15) is 0 Å². The maximum Gasteiger partial charge on any atom is 0.225 e. The van der Waals surface area contributed by atoms with Crippen molar-refractivity contribution in [3.8, 4) is 5.75 Å². The number of piperidine rings is 1. The van der Waals surface area contributed by atoms with Crippen LogP contribution < -0.4 is 10.1 Å². The molecule has 1 heterocycles. The lowest BCUT2D eigenvalue weighted by Crippen LogP contribution is -2.50. The van der Waals surface area contributed by atoms with Crippen LogP contribution >= 0.6 is 0 Å². The number of hydrogen-bond acceptors (Lipinski definition) is 3. The van der Waals surface area contributed by atoms with Gasteiger partial charge in [-0.15, -0.1) is 0 Å². The molecule has 1 aromatic carbocycles. The number of hydrogen-bond donors (Lipinski definition) is 1. The number of amides is 2. The van der Waals surface area contributed by atoms with E-state index in [4.69, 9.17) is 4.74 Å². The highest BCUT2D eigenvalue weighted by Crippen LogP contribution is 2.36. The minimum Gasteiger partial charge on any atom is -0.497 e. The van der Waals surface area contributed by atoms with Crippen molar-refractivity contribution in [3.63, 3.8) is 0 Å². The first-order valence-corrected chi connectivity index (χ1v) is 9.79. The van der Waals surface area contributed by atoms with Gasteiger partial charge in [-0.3, -0.25) is 9.59 Å². The summed E-state index contributed by atoms with van der Waals surface area (Å²) in [6.07, 6.45) is 7.56. The van der Waals surface area contributed by atoms with Crippen LogP contribution in [0.5, 0.6) is 5.75 Å². The quantitative estimate of drug-likeness (QED) is 0.877. The van der Waals surface area contributed by atoms with Crippen LogP contribution in [0.1, 0.15) is 63.5 Å². The second-order valence-electron chi connectivity index (χ2n) is 7.57. The number of fused-ring (bicyclic) bond motifs is 1. The molecule has 0 radical (unpaired) electrons. The van der Waals surface area contributed by atoms with Crippen molar-refractivity contribution < 1.29 is 14.3 Å². The zero-order chi connectivity index (χ0) is 18.5. The first kappa shape index (κ1) is 18.7. The first-order valence-electron chi connectivity index (χ1n) is 9.79. The van der Waals surface area contributed by atoms with E-state index in [0.717, 1.165) is 30.7 Å². The van der Waals surface area contributed by atoms with E-state index in [1.807, 2.05) is 24.3 Å². The molecule has 2 aliphatic rings. The molecule has 1 saturated heterocycles. The van der Waals surface area contributed by atoms with Gasteiger partial charge >= 0.3 is 0 Å². The maximum atomic E-state index is 13.1. The molecule has 0 bridgehead atoms. The van der Waals surface area contributed by atoms with Gasteiger partial charge in [0.2, 0.25) is 11.8 Å². The molecule has 5 nitrogen and oxygen atoms in total. The van der Waals surface area contributed by atoms with Crippen LogP contribution in [0.15, 0.2) is 24.3 Å². The van der Waals surface area contributed by atoms with E-state index in [1.54, 1.807) is 7.11 Å². The van der Waals surface area contributed by atoms with E-state index >= 15 is 0 Å². The van der Waals surface area contributed by atoms with E-state index in [0.29, 0.717) is 18.4 Å². The predicted molar refractivity (Wildman–Crippen MR) is 101 cm³/mol. The standard InChI is InChI=1S/C21H30N2O3/c1-15(24)22-19(16-9-11-18(26-2)12-10-16)14-21(25)23-13-5-7-17-6-3-4-8-20(17)23/h9-12,17,19-20H,3-8,13-14H2,1-2H3,(H,22,24). The monoisotopic (exact) mass is 358 g/mol. The molecular formula is C21H30N2O3. The van der Waals surface area contributed by atoms with Crippen LogP contribution in [0.3, 0.4) is 0 Å². The van der Waals surface area contributed by atoms with Gasteiger partial charge in [0.05, 0.1) is 19.6 Å². The summed E-state index contributed by atoms with van der Waals surface area (Å²) in [5.41, 5.74) is 0.937. The lowest BCUT2D eigenvalue weighted by atomic mass is 9.78. The molecule has 0 spiro atoms. The third-order valence-electron chi connectivity index (χ3n) is 5.84. The van der Waals surface area contributed by atoms with Crippen molar-refractivity contribution in [2.75, 3.05) is 13.7 Å². The summed E-state index contributed by atoms with van der Waals surface area (Å²) in [5.74, 6) is 1.48. The molecule has 142 valence electrons. The van der Waals surface area contributed by atoms with Gasteiger partial charge in [0, 0.05) is 19.5 Å². The Morgan fingerprint density at radius 2 is 1.85 bits per heavy atom. The molecule has 3 rings (SSSR count). The Balaban J connectivity index is 1.72. The van der Waals surface area contributed by atoms with E-state index in [1.165, 1.54) is 32.6 Å². The number of likely N-dealkylation sites (tertiary alicyclic amines) is 1. The summed E-state index contributed by atoms with van der Waals surface area (Å²) in [5, 5.41) is 2.95. The summed E-state index contributed by atoms with van der Waals surface area (Å²) in [6, 6.07) is 7.69. The van der Waals surface area contributed by atoms with Gasteiger partial charge in [0.1, 0.15) is 5.75 Å². The first-order chi connectivity index (χ1) is 12.6. The fourth-order valence-corrected chi connectivity index (χ4v) is 4.56. The molecule has 1 aliphatic heterocycles.